The zero-order chi connectivity index (χ0) is 14.3. The van der Waals surface area contributed by atoms with E-state index in [4.69, 9.17) is 0 Å². The molecule has 0 heterocycles. The van der Waals surface area contributed by atoms with Gasteiger partial charge in [-0.2, -0.15) is 0 Å². The van der Waals surface area contributed by atoms with Gasteiger partial charge in [0.05, 0.1) is 4.92 Å². The number of nitrogens with zero attached hydrogens (tertiary/aromatic N) is 1. The molecule has 0 aromatic heterocycles. The molecule has 0 aliphatic heterocycles. The Morgan fingerprint density at radius 2 is 1.37 bits per heavy atom. The third kappa shape index (κ3) is 3.70. The van der Waals surface area contributed by atoms with E-state index < -0.39 is 4.92 Å². The first-order valence-electron chi connectivity index (χ1n) is 5.36. The Balaban J connectivity index is 0.000000861. The molecule has 6 nitrogen and oxygen atoms in total. The lowest BCUT2D eigenvalue weighted by Gasteiger charge is -2.00. The Hall–Kier alpha value is -2.57. The second-order valence-electron chi connectivity index (χ2n) is 3.50. The van der Waals surface area contributed by atoms with E-state index in [-0.39, 0.29) is 11.5 Å². The maximum Gasteiger partial charge on any atom is 0.269 e. The Kier molecular flexibility index (Phi) is 5.34. The van der Waals surface area contributed by atoms with E-state index in [2.05, 4.69) is 11.7 Å². The molecule has 0 fully saturated rings. The van der Waals surface area contributed by atoms with E-state index in [0.717, 1.165) is 0 Å². The van der Waals surface area contributed by atoms with Crippen LogP contribution in [0.2, 0.25) is 0 Å². The molecule has 2 rings (SSSR count). The Morgan fingerprint density at radius 3 is 1.84 bits per heavy atom. The van der Waals surface area contributed by atoms with Crippen LogP contribution in [-0.4, -0.2) is 10.7 Å². The van der Waals surface area contributed by atoms with Crippen LogP contribution >= 0.6 is 0 Å². The van der Waals surface area contributed by atoms with Crippen LogP contribution in [0.5, 0.6) is 0 Å². The molecule has 0 saturated carbocycles. The summed E-state index contributed by atoms with van der Waals surface area (Å²) in [6.07, 6.45) is 0. The number of ketones is 1. The van der Waals surface area contributed by atoms with Gasteiger partial charge in [0.1, 0.15) is 0 Å². The van der Waals surface area contributed by atoms with E-state index in [0.29, 0.717) is 11.1 Å². The quantitative estimate of drug-likeness (QED) is 0.376. The minimum atomic E-state index is -0.489. The van der Waals surface area contributed by atoms with Crippen LogP contribution in [-0.2, 0) is 0 Å². The summed E-state index contributed by atoms with van der Waals surface area (Å²) in [5.74, 6) is 7.86. The molecule has 0 radical (unpaired) electrons. The minimum Gasteiger partial charge on any atom is -0.289 e. The van der Waals surface area contributed by atoms with Gasteiger partial charge in [-0.05, 0) is 12.1 Å². The lowest BCUT2D eigenvalue weighted by molar-refractivity contribution is -0.384. The van der Waals surface area contributed by atoms with Crippen LogP contribution in [0.3, 0.4) is 0 Å². The number of carbonyl (C=O) groups excluding carboxylic acids is 1. The molecule has 0 aliphatic carbocycles. The Bertz CT molecular complexity index is 553. The SMILES string of the molecule is NN.O=C(c1ccccc1)c1ccc([N+](=O)[O-])cc1. The number of hydrazine groups is 1. The van der Waals surface area contributed by atoms with Gasteiger partial charge < -0.3 is 0 Å². The molecule has 0 spiro atoms. The largest absolute Gasteiger partial charge is 0.289 e. The smallest absolute Gasteiger partial charge is 0.269 e. The number of rotatable bonds is 3. The van der Waals surface area contributed by atoms with Crippen molar-refractivity contribution >= 4 is 11.5 Å². The molecule has 2 aromatic rings. The van der Waals surface area contributed by atoms with Crippen molar-refractivity contribution in [3.63, 3.8) is 0 Å². The average Bonchev–Trinajstić information content (AvgIpc) is 2.49. The molecule has 98 valence electrons. The summed E-state index contributed by atoms with van der Waals surface area (Å²) in [4.78, 5) is 21.9. The number of carbonyl (C=O) groups is 1. The van der Waals surface area contributed by atoms with Crippen LogP contribution < -0.4 is 11.7 Å². The van der Waals surface area contributed by atoms with Crippen molar-refractivity contribution in [2.45, 2.75) is 0 Å². The second kappa shape index (κ2) is 7.00. The van der Waals surface area contributed by atoms with Crippen molar-refractivity contribution in [2.75, 3.05) is 0 Å². The molecular weight excluding hydrogens is 246 g/mol. The summed E-state index contributed by atoms with van der Waals surface area (Å²) in [7, 11) is 0. The highest BCUT2D eigenvalue weighted by molar-refractivity contribution is 6.09. The fourth-order valence-corrected chi connectivity index (χ4v) is 1.49. The van der Waals surface area contributed by atoms with Gasteiger partial charge in [-0.3, -0.25) is 26.6 Å². The highest BCUT2D eigenvalue weighted by Gasteiger charge is 2.10. The standard InChI is InChI=1S/C13H9NO3.H4N2/c15-13(10-4-2-1-3-5-10)11-6-8-12(9-7-11)14(16)17;1-2/h1-9H;1-2H2. The lowest BCUT2D eigenvalue weighted by atomic mass is 10.0. The van der Waals surface area contributed by atoms with Gasteiger partial charge in [0.15, 0.2) is 5.78 Å². The van der Waals surface area contributed by atoms with Crippen molar-refractivity contribution in [3.8, 4) is 0 Å². The van der Waals surface area contributed by atoms with E-state index in [1.807, 2.05) is 6.07 Å². The normalized spacial score (nSPS) is 9.16. The van der Waals surface area contributed by atoms with Gasteiger partial charge in [0.2, 0.25) is 0 Å². The highest BCUT2D eigenvalue weighted by atomic mass is 16.6. The lowest BCUT2D eigenvalue weighted by Crippen LogP contribution is -2.02. The number of nitro benzene ring substituents is 1. The number of hydrogen-bond donors (Lipinski definition) is 2. The highest BCUT2D eigenvalue weighted by Crippen LogP contribution is 2.15. The molecule has 0 bridgehead atoms. The number of hydrogen-bond acceptors (Lipinski definition) is 5. The Labute approximate surface area is 109 Å². The van der Waals surface area contributed by atoms with Gasteiger partial charge in [-0.25, -0.2) is 0 Å². The topological polar surface area (TPSA) is 112 Å². The first-order valence-corrected chi connectivity index (χ1v) is 5.36. The van der Waals surface area contributed by atoms with Gasteiger partial charge >= 0.3 is 0 Å². The molecule has 0 unspecified atom stereocenters. The van der Waals surface area contributed by atoms with Crippen LogP contribution in [0, 0.1) is 10.1 Å². The number of nitro groups is 1. The summed E-state index contributed by atoms with van der Waals surface area (Å²) in [5.41, 5.74) is 0.998. The third-order valence-corrected chi connectivity index (χ3v) is 2.38. The van der Waals surface area contributed by atoms with Crippen LogP contribution in [0.25, 0.3) is 0 Å². The van der Waals surface area contributed by atoms with Crippen molar-refractivity contribution in [1.82, 2.24) is 0 Å². The van der Waals surface area contributed by atoms with E-state index in [9.17, 15) is 14.9 Å². The predicted molar refractivity (Wildman–Crippen MR) is 71.3 cm³/mol. The van der Waals surface area contributed by atoms with E-state index in [1.165, 1.54) is 24.3 Å². The maximum absolute atomic E-state index is 12.0. The molecule has 0 saturated heterocycles. The molecule has 0 aliphatic rings. The summed E-state index contributed by atoms with van der Waals surface area (Å²) >= 11 is 0. The average molecular weight is 259 g/mol. The van der Waals surface area contributed by atoms with E-state index in [1.54, 1.807) is 24.3 Å². The number of nitrogens with two attached hydrogens (primary N) is 2. The first kappa shape index (κ1) is 14.5. The van der Waals surface area contributed by atoms with Crippen molar-refractivity contribution in [1.29, 1.82) is 0 Å². The second-order valence-corrected chi connectivity index (χ2v) is 3.50. The minimum absolute atomic E-state index is 0.0189. The fraction of sp³-hybridized carbons (Fsp3) is 0. The molecule has 0 amide bonds. The van der Waals surface area contributed by atoms with Crippen LogP contribution in [0.1, 0.15) is 15.9 Å². The van der Waals surface area contributed by atoms with Crippen LogP contribution in [0.4, 0.5) is 5.69 Å². The van der Waals surface area contributed by atoms with Gasteiger partial charge in [-0.15, -0.1) is 0 Å². The summed E-state index contributed by atoms with van der Waals surface area (Å²) in [6, 6.07) is 14.4. The van der Waals surface area contributed by atoms with E-state index >= 15 is 0 Å². The molecule has 6 heteroatoms. The summed E-state index contributed by atoms with van der Waals surface area (Å²) < 4.78 is 0. The van der Waals surface area contributed by atoms with Crippen molar-refractivity contribution < 1.29 is 9.72 Å². The molecule has 0 atom stereocenters. The molecule has 19 heavy (non-hydrogen) atoms. The fourth-order valence-electron chi connectivity index (χ4n) is 1.49. The van der Waals surface area contributed by atoms with Crippen LogP contribution in [0.15, 0.2) is 54.6 Å². The Morgan fingerprint density at radius 1 is 0.895 bits per heavy atom. The third-order valence-electron chi connectivity index (χ3n) is 2.38. The van der Waals surface area contributed by atoms with Crippen molar-refractivity contribution in [2.24, 2.45) is 11.7 Å². The predicted octanol–water partition coefficient (Wildman–Crippen LogP) is 1.64. The zero-order valence-electron chi connectivity index (χ0n) is 10.0. The molecule has 2 aromatic carbocycles. The number of non-ortho nitro benzene ring substituents is 1. The summed E-state index contributed by atoms with van der Waals surface area (Å²) in [6.45, 7) is 0. The van der Waals surface area contributed by atoms with Gasteiger partial charge in [0, 0.05) is 23.3 Å². The summed E-state index contributed by atoms with van der Waals surface area (Å²) in [5, 5.41) is 10.5. The zero-order valence-corrected chi connectivity index (χ0v) is 10.0. The first-order chi connectivity index (χ1) is 9.18. The van der Waals surface area contributed by atoms with Crippen molar-refractivity contribution in [3.05, 3.63) is 75.8 Å². The molecular formula is C13H13N3O3. The maximum atomic E-state index is 12.0. The number of benzene rings is 2. The molecule has 4 N–H and O–H groups in total. The monoisotopic (exact) mass is 259 g/mol. The van der Waals surface area contributed by atoms with Gasteiger partial charge in [-0.1, -0.05) is 30.3 Å². The van der Waals surface area contributed by atoms with Gasteiger partial charge in [0.25, 0.3) is 5.69 Å².